The zero-order valence-corrected chi connectivity index (χ0v) is 35.2. The van der Waals surface area contributed by atoms with Gasteiger partial charge in [-0.2, -0.15) is 0 Å². The third-order valence-corrected chi connectivity index (χ3v) is 10.4. The monoisotopic (exact) mass is 886 g/mol. The highest BCUT2D eigenvalue weighted by Gasteiger charge is 2.16. The Morgan fingerprint density at radius 3 is 1.58 bits per heavy atom. The van der Waals surface area contributed by atoms with Gasteiger partial charge in [-0.05, 0) is 112 Å². The van der Waals surface area contributed by atoms with Crippen molar-refractivity contribution in [2.24, 2.45) is 0 Å². The third kappa shape index (κ3) is 13.0. The molecule has 0 aliphatic rings. The van der Waals surface area contributed by atoms with Gasteiger partial charge in [0, 0.05) is 23.5 Å². The number of aromatic nitrogens is 2. The minimum atomic E-state index is -1.03. The van der Waals surface area contributed by atoms with E-state index in [1.807, 2.05) is 39.8 Å². The van der Waals surface area contributed by atoms with Crippen molar-refractivity contribution in [2.45, 2.75) is 39.9 Å². The summed E-state index contributed by atoms with van der Waals surface area (Å²) in [6.45, 7) is 7.70. The second-order valence-electron chi connectivity index (χ2n) is 12.2. The van der Waals surface area contributed by atoms with Crippen molar-refractivity contribution in [1.29, 1.82) is 0 Å². The Labute approximate surface area is 356 Å². The molecule has 0 aliphatic carbocycles. The first-order valence-electron chi connectivity index (χ1n) is 16.7. The molecule has 2 aromatic heterocycles. The van der Waals surface area contributed by atoms with Crippen molar-refractivity contribution in [3.05, 3.63) is 126 Å². The van der Waals surface area contributed by atoms with Crippen molar-refractivity contribution in [1.82, 2.24) is 9.97 Å². The Hall–Kier alpha value is -5.02. The normalized spacial score (nSPS) is 10.5. The molecule has 0 aliphatic heterocycles. The molecule has 4 N–H and O–H groups in total. The van der Waals surface area contributed by atoms with Crippen molar-refractivity contribution in [3.8, 4) is 32.4 Å². The molecule has 0 atom stereocenters. The summed E-state index contributed by atoms with van der Waals surface area (Å²) in [5.41, 5.74) is 8.93. The number of anilines is 2. The van der Waals surface area contributed by atoms with Gasteiger partial charge in [0.1, 0.15) is 24.1 Å². The molecule has 0 saturated carbocycles. The van der Waals surface area contributed by atoms with Gasteiger partial charge < -0.3 is 25.6 Å². The highest BCUT2D eigenvalue weighted by molar-refractivity contribution is 7.17. The highest BCUT2D eigenvalue weighted by Crippen LogP contribution is 2.35. The van der Waals surface area contributed by atoms with Gasteiger partial charge in [-0.1, -0.05) is 46.4 Å². The number of nitrogens with zero attached hydrogens (tertiary/aromatic N) is 2. The second-order valence-corrected chi connectivity index (χ2v) is 15.9. The van der Waals surface area contributed by atoms with E-state index in [1.165, 1.54) is 29.7 Å². The second kappa shape index (κ2) is 20.9. The fourth-order valence-electron chi connectivity index (χ4n) is 4.52. The number of carbonyl (C=O) groups is 4. The molecule has 17 heteroatoms. The van der Waals surface area contributed by atoms with Crippen molar-refractivity contribution in [3.63, 3.8) is 0 Å². The number of ether oxygens (including phenoxy) is 2. The number of nitrogen functional groups attached to an aromatic ring is 1. The Balaban J connectivity index is 0.000000213. The number of halogens is 4. The van der Waals surface area contributed by atoms with Crippen LogP contribution in [0, 0.1) is 0 Å². The van der Waals surface area contributed by atoms with E-state index < -0.39 is 5.97 Å². The number of nitrogens with one attached hydrogen (secondary N) is 1. The number of carboxylic acid groups (broad SMARTS) is 1. The van der Waals surface area contributed by atoms with Gasteiger partial charge in [-0.3, -0.25) is 14.4 Å². The molecule has 6 aromatic rings. The Bertz CT molecular complexity index is 2380. The van der Waals surface area contributed by atoms with Gasteiger partial charge in [0.25, 0.3) is 5.91 Å². The van der Waals surface area contributed by atoms with Crippen LogP contribution < -0.4 is 20.5 Å². The van der Waals surface area contributed by atoms with Gasteiger partial charge in [0.05, 0.1) is 53.4 Å². The van der Waals surface area contributed by atoms with E-state index in [0.29, 0.717) is 55.4 Å². The summed E-state index contributed by atoms with van der Waals surface area (Å²) in [5, 5.41) is 13.6. The number of rotatable bonds is 11. The number of aromatic carboxylic acids is 1. The minimum absolute atomic E-state index is 0.0227. The molecule has 0 fully saturated rings. The van der Waals surface area contributed by atoms with Crippen LogP contribution >= 0.6 is 69.1 Å². The van der Waals surface area contributed by atoms with Crippen LogP contribution in [0.5, 0.6) is 11.5 Å². The number of hydrogen-bond donors (Lipinski definition) is 3. The van der Waals surface area contributed by atoms with E-state index in [1.54, 1.807) is 54.7 Å². The van der Waals surface area contributed by atoms with Crippen LogP contribution in [-0.4, -0.2) is 51.7 Å². The van der Waals surface area contributed by atoms with Crippen LogP contribution in [0.15, 0.2) is 85.2 Å². The van der Waals surface area contributed by atoms with E-state index in [-0.39, 0.29) is 33.2 Å². The molecule has 0 saturated heterocycles. The van der Waals surface area contributed by atoms with Crippen molar-refractivity contribution >= 4 is 105 Å². The van der Waals surface area contributed by atoms with Crippen LogP contribution in [0.3, 0.4) is 0 Å². The van der Waals surface area contributed by atoms with E-state index in [4.69, 9.17) is 66.7 Å². The summed E-state index contributed by atoms with van der Waals surface area (Å²) in [6.07, 6.45) is 4.63. The van der Waals surface area contributed by atoms with E-state index in [9.17, 15) is 19.2 Å². The predicted octanol–water partition coefficient (Wildman–Crippen LogP) is 11.7. The molecule has 296 valence electrons. The molecule has 0 spiro atoms. The molecule has 0 radical (unpaired) electrons. The quantitative estimate of drug-likeness (QED) is 0.0840. The topological polar surface area (TPSA) is 171 Å². The average Bonchev–Trinajstić information content (AvgIpc) is 3.87. The lowest BCUT2D eigenvalue weighted by Gasteiger charge is -2.11. The summed E-state index contributed by atoms with van der Waals surface area (Å²) in [6, 6.07) is 20.2. The summed E-state index contributed by atoms with van der Waals surface area (Å²) in [4.78, 5) is 53.8. The maximum Gasteiger partial charge on any atom is 0.365 e. The number of thiazole rings is 2. The van der Waals surface area contributed by atoms with Crippen molar-refractivity contribution in [2.75, 3.05) is 11.1 Å². The number of benzene rings is 4. The first kappa shape index (κ1) is 44.7. The maximum absolute atomic E-state index is 12.5. The molecule has 0 bridgehead atoms. The fraction of sp³-hybridized carbons (Fsp3) is 0.150. The minimum Gasteiger partial charge on any atom is -0.489 e. The Morgan fingerprint density at radius 1 is 0.684 bits per heavy atom. The average molecular weight is 889 g/mol. The number of aldehydes is 2. The Morgan fingerprint density at radius 2 is 1.16 bits per heavy atom. The molecule has 1 amide bonds. The van der Waals surface area contributed by atoms with Crippen molar-refractivity contribution < 1.29 is 33.8 Å². The Kier molecular flexibility index (Phi) is 16.4. The van der Waals surface area contributed by atoms with E-state index in [2.05, 4.69) is 15.3 Å². The SMILES string of the molecule is CC(C)Oc1ccc(-c2cnc(C(=O)Nc3ccc(C=O)cc3Cl)s2)cc1Cl.CC(C)Oc1ccc(-c2cnc(C(=O)O)s2)cc1Cl.Nc1ccc(C=O)cc1Cl. The molecule has 57 heavy (non-hydrogen) atoms. The first-order chi connectivity index (χ1) is 27.1. The van der Waals surface area contributed by atoms with Crippen LogP contribution in [0.2, 0.25) is 20.1 Å². The molecule has 0 unspecified atom stereocenters. The van der Waals surface area contributed by atoms with E-state index >= 15 is 0 Å². The number of hydrogen-bond acceptors (Lipinski definition) is 11. The molecule has 4 aromatic carbocycles. The maximum atomic E-state index is 12.5. The molecule has 11 nitrogen and oxygen atoms in total. The zero-order chi connectivity index (χ0) is 41.8. The van der Waals surface area contributed by atoms with E-state index in [0.717, 1.165) is 38.5 Å². The summed E-state index contributed by atoms with van der Waals surface area (Å²) in [5.74, 6) is -0.190. The molecule has 2 heterocycles. The smallest absolute Gasteiger partial charge is 0.365 e. The third-order valence-electron chi connectivity index (χ3n) is 7.08. The lowest BCUT2D eigenvalue weighted by atomic mass is 10.2. The largest absolute Gasteiger partial charge is 0.489 e. The molecular weight excluding hydrogens is 854 g/mol. The summed E-state index contributed by atoms with van der Waals surface area (Å²) >= 11 is 26.5. The highest BCUT2D eigenvalue weighted by atomic mass is 35.5. The number of amides is 1. The number of nitrogens with two attached hydrogens (primary N) is 1. The van der Waals surface area contributed by atoms with Crippen LogP contribution in [0.1, 0.15) is 68.0 Å². The van der Waals surface area contributed by atoms with Gasteiger partial charge in [0.15, 0.2) is 5.01 Å². The summed E-state index contributed by atoms with van der Waals surface area (Å²) in [7, 11) is 0. The lowest BCUT2D eigenvalue weighted by Crippen LogP contribution is -2.11. The van der Waals surface area contributed by atoms with Gasteiger partial charge >= 0.3 is 5.97 Å². The van der Waals surface area contributed by atoms with Gasteiger partial charge in [-0.15, -0.1) is 22.7 Å². The van der Waals surface area contributed by atoms with Crippen LogP contribution in [-0.2, 0) is 0 Å². The fourth-order valence-corrected chi connectivity index (χ4v) is 6.96. The molecular formula is C40H34Cl4N4O7S2. The molecule has 6 rings (SSSR count). The van der Waals surface area contributed by atoms with Gasteiger partial charge in [-0.25, -0.2) is 14.8 Å². The van der Waals surface area contributed by atoms with Crippen LogP contribution in [0.25, 0.3) is 20.9 Å². The van der Waals surface area contributed by atoms with Gasteiger partial charge in [0.2, 0.25) is 5.01 Å². The summed E-state index contributed by atoms with van der Waals surface area (Å²) < 4.78 is 11.2. The first-order valence-corrected chi connectivity index (χ1v) is 19.9. The standard InChI is InChI=1S/C20H16Cl2N2O3S.C13H12ClNO3S.C7H6ClNO/c1-11(2)27-17-6-4-13(8-15(17)22)18-9-23-20(28-18)19(26)24-16-5-3-12(10-25)7-14(16)21;1-7(2)18-10-4-3-8(5-9(10)14)11-6-15-12(19-11)13(16)17;8-6-3-5(4-10)1-2-7(6)9/h3-11H,1-2H3,(H,24,26);3-7H,1-2H3,(H,16,17);1-4H,9H2. The number of carboxylic acids is 1. The number of carbonyl (C=O) groups excluding carboxylic acids is 3. The van der Waals surface area contributed by atoms with Crippen LogP contribution in [0.4, 0.5) is 11.4 Å². The lowest BCUT2D eigenvalue weighted by molar-refractivity contribution is 0.0695. The predicted molar refractivity (Wildman–Crippen MR) is 230 cm³/mol. The zero-order valence-electron chi connectivity index (χ0n) is 30.6.